The van der Waals surface area contributed by atoms with Crippen LogP contribution in [0.2, 0.25) is 0 Å². The van der Waals surface area contributed by atoms with Gasteiger partial charge in [0.05, 0.1) is 6.04 Å². The molecule has 0 bridgehead atoms. The maximum atomic E-state index is 12.1. The molecular weight excluding hydrogens is 242 g/mol. The lowest BCUT2D eigenvalue weighted by Crippen LogP contribution is -2.41. The van der Waals surface area contributed by atoms with Gasteiger partial charge < -0.3 is 14.8 Å². The molecule has 0 saturated carbocycles. The maximum absolute atomic E-state index is 12.1. The van der Waals surface area contributed by atoms with E-state index in [1.54, 1.807) is 6.92 Å². The molecule has 2 rings (SSSR count). The van der Waals surface area contributed by atoms with E-state index in [9.17, 15) is 9.59 Å². The predicted octanol–water partition coefficient (Wildman–Crippen LogP) is 1.55. The van der Waals surface area contributed by atoms with Gasteiger partial charge in [-0.3, -0.25) is 9.59 Å². The maximum Gasteiger partial charge on any atom is 0.268 e. The Kier molecular flexibility index (Phi) is 3.64. The Morgan fingerprint density at radius 1 is 1.32 bits per heavy atom. The summed E-state index contributed by atoms with van der Waals surface area (Å²) in [5.41, 5.74) is 1.70. The molecule has 1 aliphatic heterocycles. The molecule has 0 saturated heterocycles. The van der Waals surface area contributed by atoms with E-state index in [0.717, 1.165) is 5.69 Å². The van der Waals surface area contributed by atoms with Crippen molar-refractivity contribution in [1.29, 1.82) is 0 Å². The van der Waals surface area contributed by atoms with Gasteiger partial charge in [0.15, 0.2) is 0 Å². The summed E-state index contributed by atoms with van der Waals surface area (Å²) in [5.74, 6) is 0.0258. The van der Waals surface area contributed by atoms with E-state index < -0.39 is 0 Å². The molecule has 5 heteroatoms. The standard InChI is InChI=1S/C14H21N3O2/c1-9(2)15-14(19)13-6-5-12-10(3)16(11(4)18)7-8-17(12)13/h5-6,9-10H,7-8H2,1-4H3,(H,15,19). The molecule has 1 aromatic heterocycles. The molecule has 2 heterocycles. The zero-order chi connectivity index (χ0) is 14.2. The quantitative estimate of drug-likeness (QED) is 0.880. The van der Waals surface area contributed by atoms with Crippen molar-refractivity contribution in [3.63, 3.8) is 0 Å². The van der Waals surface area contributed by atoms with Crippen LogP contribution in [0.1, 0.15) is 49.9 Å². The second-order valence-electron chi connectivity index (χ2n) is 5.31. The Balaban J connectivity index is 2.28. The second kappa shape index (κ2) is 5.07. The largest absolute Gasteiger partial charge is 0.349 e. The first-order chi connectivity index (χ1) is 8.91. The molecule has 1 N–H and O–H groups in total. The first kappa shape index (κ1) is 13.6. The van der Waals surface area contributed by atoms with Gasteiger partial charge >= 0.3 is 0 Å². The third-order valence-electron chi connectivity index (χ3n) is 3.53. The van der Waals surface area contributed by atoms with Gasteiger partial charge in [0, 0.05) is 31.7 Å². The Morgan fingerprint density at radius 3 is 2.58 bits per heavy atom. The minimum absolute atomic E-state index is 0.0202. The zero-order valence-electron chi connectivity index (χ0n) is 11.9. The van der Waals surface area contributed by atoms with E-state index in [1.807, 2.05) is 42.4 Å². The van der Waals surface area contributed by atoms with E-state index in [2.05, 4.69) is 5.32 Å². The number of amides is 2. The van der Waals surface area contributed by atoms with Crippen molar-refractivity contribution in [2.45, 2.75) is 46.3 Å². The van der Waals surface area contributed by atoms with Crippen LogP contribution in [0.15, 0.2) is 12.1 Å². The van der Waals surface area contributed by atoms with Crippen LogP contribution < -0.4 is 5.32 Å². The fourth-order valence-corrected chi connectivity index (χ4v) is 2.62. The fraction of sp³-hybridized carbons (Fsp3) is 0.571. The van der Waals surface area contributed by atoms with Crippen molar-refractivity contribution in [2.75, 3.05) is 6.54 Å². The normalized spacial score (nSPS) is 18.4. The molecule has 1 aliphatic rings. The number of aromatic nitrogens is 1. The van der Waals surface area contributed by atoms with Crippen molar-refractivity contribution in [1.82, 2.24) is 14.8 Å². The molecule has 0 spiro atoms. The zero-order valence-corrected chi connectivity index (χ0v) is 11.9. The van der Waals surface area contributed by atoms with E-state index >= 15 is 0 Å². The first-order valence-corrected chi connectivity index (χ1v) is 6.69. The van der Waals surface area contributed by atoms with Crippen LogP contribution in [0.4, 0.5) is 0 Å². The minimum atomic E-state index is -0.0512. The molecule has 1 unspecified atom stereocenters. The van der Waals surface area contributed by atoms with E-state index in [1.165, 1.54) is 0 Å². The molecule has 5 nitrogen and oxygen atoms in total. The minimum Gasteiger partial charge on any atom is -0.349 e. The highest BCUT2D eigenvalue weighted by atomic mass is 16.2. The average Bonchev–Trinajstić information content (AvgIpc) is 2.72. The van der Waals surface area contributed by atoms with Crippen molar-refractivity contribution in [3.05, 3.63) is 23.5 Å². The van der Waals surface area contributed by atoms with Crippen LogP contribution in [0, 0.1) is 0 Å². The average molecular weight is 263 g/mol. The third kappa shape index (κ3) is 2.50. The van der Waals surface area contributed by atoms with Crippen molar-refractivity contribution >= 4 is 11.8 Å². The number of nitrogens with zero attached hydrogens (tertiary/aromatic N) is 2. The Morgan fingerprint density at radius 2 is 2.00 bits per heavy atom. The summed E-state index contributed by atoms with van der Waals surface area (Å²) in [4.78, 5) is 25.5. The Labute approximate surface area is 113 Å². The molecular formula is C14H21N3O2. The van der Waals surface area contributed by atoms with Crippen LogP contribution in [0.3, 0.4) is 0 Å². The highest BCUT2D eigenvalue weighted by Crippen LogP contribution is 2.27. The molecule has 0 aromatic carbocycles. The Bertz CT molecular complexity index is 505. The molecule has 1 atom stereocenters. The lowest BCUT2D eigenvalue weighted by Gasteiger charge is -2.34. The number of fused-ring (bicyclic) bond motifs is 1. The van der Waals surface area contributed by atoms with E-state index in [0.29, 0.717) is 18.8 Å². The molecule has 104 valence electrons. The van der Waals surface area contributed by atoms with Crippen molar-refractivity contribution < 1.29 is 9.59 Å². The van der Waals surface area contributed by atoms with E-state index in [4.69, 9.17) is 0 Å². The van der Waals surface area contributed by atoms with Gasteiger partial charge in [-0.1, -0.05) is 0 Å². The summed E-state index contributed by atoms with van der Waals surface area (Å²) in [6, 6.07) is 3.92. The number of rotatable bonds is 2. The number of hydrogen-bond donors (Lipinski definition) is 1. The number of carbonyl (C=O) groups is 2. The highest BCUT2D eigenvalue weighted by molar-refractivity contribution is 5.93. The SMILES string of the molecule is CC(=O)N1CCn2c(C(=O)NC(C)C)ccc2C1C. The summed E-state index contributed by atoms with van der Waals surface area (Å²) in [5, 5.41) is 2.90. The monoisotopic (exact) mass is 263 g/mol. The van der Waals surface area contributed by atoms with E-state index in [-0.39, 0.29) is 23.9 Å². The number of hydrogen-bond acceptors (Lipinski definition) is 2. The van der Waals surface area contributed by atoms with Gasteiger partial charge in [-0.15, -0.1) is 0 Å². The van der Waals surface area contributed by atoms with Crippen LogP contribution in [0.25, 0.3) is 0 Å². The molecule has 1 aromatic rings. The summed E-state index contributed by atoms with van der Waals surface area (Å²) < 4.78 is 2.02. The second-order valence-corrected chi connectivity index (χ2v) is 5.31. The third-order valence-corrected chi connectivity index (χ3v) is 3.53. The first-order valence-electron chi connectivity index (χ1n) is 6.69. The molecule has 0 fully saturated rings. The van der Waals surface area contributed by atoms with Crippen LogP contribution >= 0.6 is 0 Å². The van der Waals surface area contributed by atoms with Gasteiger partial charge in [-0.25, -0.2) is 0 Å². The predicted molar refractivity (Wildman–Crippen MR) is 72.8 cm³/mol. The van der Waals surface area contributed by atoms with Crippen LogP contribution in [0.5, 0.6) is 0 Å². The summed E-state index contributed by atoms with van der Waals surface area (Å²) in [6.45, 7) is 8.79. The van der Waals surface area contributed by atoms with Crippen LogP contribution in [-0.2, 0) is 11.3 Å². The van der Waals surface area contributed by atoms with Gasteiger partial charge in [0.2, 0.25) is 5.91 Å². The van der Waals surface area contributed by atoms with Crippen LogP contribution in [-0.4, -0.2) is 33.9 Å². The molecule has 19 heavy (non-hydrogen) atoms. The lowest BCUT2D eigenvalue weighted by molar-refractivity contribution is -0.131. The van der Waals surface area contributed by atoms with Gasteiger partial charge in [-0.2, -0.15) is 0 Å². The van der Waals surface area contributed by atoms with Gasteiger partial charge in [0.25, 0.3) is 5.91 Å². The topological polar surface area (TPSA) is 54.3 Å². The summed E-state index contributed by atoms with van der Waals surface area (Å²) in [6.07, 6.45) is 0. The van der Waals surface area contributed by atoms with Gasteiger partial charge in [-0.05, 0) is 32.9 Å². The summed E-state index contributed by atoms with van der Waals surface area (Å²) in [7, 11) is 0. The highest BCUT2D eigenvalue weighted by Gasteiger charge is 2.28. The number of nitrogens with one attached hydrogen (secondary N) is 1. The Hall–Kier alpha value is -1.78. The smallest absolute Gasteiger partial charge is 0.268 e. The lowest BCUT2D eigenvalue weighted by atomic mass is 10.1. The van der Waals surface area contributed by atoms with Crippen molar-refractivity contribution in [2.24, 2.45) is 0 Å². The molecule has 2 amide bonds. The van der Waals surface area contributed by atoms with Gasteiger partial charge in [0.1, 0.15) is 5.69 Å². The number of carbonyl (C=O) groups excluding carboxylic acids is 2. The summed E-state index contributed by atoms with van der Waals surface area (Å²) >= 11 is 0. The molecule has 0 radical (unpaired) electrons. The fourth-order valence-electron chi connectivity index (χ4n) is 2.62. The van der Waals surface area contributed by atoms with Crippen molar-refractivity contribution in [3.8, 4) is 0 Å². The molecule has 0 aliphatic carbocycles.